The lowest BCUT2D eigenvalue weighted by molar-refractivity contribution is -0.121. The van der Waals surface area contributed by atoms with E-state index in [2.05, 4.69) is 52.7 Å². The van der Waals surface area contributed by atoms with Crippen molar-refractivity contribution in [1.29, 1.82) is 0 Å². The van der Waals surface area contributed by atoms with E-state index in [0.29, 0.717) is 6.42 Å². The summed E-state index contributed by atoms with van der Waals surface area (Å²) in [5, 5.41) is 5.72. The van der Waals surface area contributed by atoms with E-state index in [-0.39, 0.29) is 11.4 Å². The molecule has 1 aliphatic carbocycles. The van der Waals surface area contributed by atoms with Gasteiger partial charge in [0.2, 0.25) is 5.91 Å². The average Bonchev–Trinajstić information content (AvgIpc) is 2.74. The minimum Gasteiger partial charge on any atom is -0.354 e. The Morgan fingerprint density at radius 3 is 2.41 bits per heavy atom. The summed E-state index contributed by atoms with van der Waals surface area (Å²) < 4.78 is 0. The largest absolute Gasteiger partial charge is 0.354 e. The number of hydrogen-bond acceptors (Lipinski definition) is 2. The van der Waals surface area contributed by atoms with E-state index in [1.807, 2.05) is 0 Å². The minimum atomic E-state index is 0.160. The molecule has 27 heavy (non-hydrogen) atoms. The molecule has 1 heterocycles. The number of carbonyl (C=O) groups is 1. The van der Waals surface area contributed by atoms with Crippen molar-refractivity contribution in [2.24, 2.45) is 0 Å². The average molecular weight is 365 g/mol. The van der Waals surface area contributed by atoms with Gasteiger partial charge in [-0.05, 0) is 55.1 Å². The third-order valence-electron chi connectivity index (χ3n) is 6.66. The van der Waals surface area contributed by atoms with E-state index in [1.54, 1.807) is 0 Å². The Morgan fingerprint density at radius 2 is 1.59 bits per heavy atom. The number of nitrogens with zero attached hydrogens (tertiary/aromatic N) is 1. The highest BCUT2D eigenvalue weighted by Crippen LogP contribution is 2.35. The Labute approximate surface area is 163 Å². The molecule has 0 unspecified atom stereocenters. The second-order valence-electron chi connectivity index (χ2n) is 8.42. The zero-order valence-electron chi connectivity index (χ0n) is 16.4. The standard InChI is InChI=1S/C24H32N2O/c27-23(18-21-12-9-11-20-10-3-4-13-22(20)21)25-19-24(14-5-1-6-15-24)26-16-7-2-8-17-26/h3-4,9-13H,1-2,5-8,14-19H2,(H,25,27). The van der Waals surface area contributed by atoms with Crippen molar-refractivity contribution in [2.45, 2.75) is 63.3 Å². The molecule has 1 saturated carbocycles. The van der Waals surface area contributed by atoms with Crippen molar-refractivity contribution in [1.82, 2.24) is 10.2 Å². The molecule has 0 spiro atoms. The molecule has 2 aliphatic rings. The molecule has 0 aromatic heterocycles. The van der Waals surface area contributed by atoms with Crippen LogP contribution in [-0.2, 0) is 11.2 Å². The zero-order valence-corrected chi connectivity index (χ0v) is 16.4. The highest BCUT2D eigenvalue weighted by molar-refractivity contribution is 5.90. The molecule has 1 aliphatic heterocycles. The Hall–Kier alpha value is -1.87. The molecule has 3 nitrogen and oxygen atoms in total. The monoisotopic (exact) mass is 364 g/mol. The van der Waals surface area contributed by atoms with Crippen LogP contribution in [0, 0.1) is 0 Å². The van der Waals surface area contributed by atoms with E-state index in [0.717, 1.165) is 12.1 Å². The first-order chi connectivity index (χ1) is 13.3. The molecule has 0 bridgehead atoms. The molecule has 2 aromatic rings. The summed E-state index contributed by atoms with van der Waals surface area (Å²) in [6.07, 6.45) is 10.9. The lowest BCUT2D eigenvalue weighted by Gasteiger charge is -2.48. The van der Waals surface area contributed by atoms with Gasteiger partial charge in [0.15, 0.2) is 0 Å². The maximum atomic E-state index is 12.8. The van der Waals surface area contributed by atoms with Crippen LogP contribution in [-0.4, -0.2) is 36.0 Å². The molecule has 1 saturated heterocycles. The van der Waals surface area contributed by atoms with Crippen LogP contribution in [0.1, 0.15) is 56.9 Å². The number of carbonyl (C=O) groups excluding carboxylic acids is 1. The van der Waals surface area contributed by atoms with Crippen LogP contribution in [0.4, 0.5) is 0 Å². The molecular formula is C24H32N2O. The molecule has 0 radical (unpaired) electrons. The summed E-state index contributed by atoms with van der Waals surface area (Å²) in [4.78, 5) is 15.5. The van der Waals surface area contributed by atoms with Crippen LogP contribution in [0.15, 0.2) is 42.5 Å². The number of hydrogen-bond donors (Lipinski definition) is 1. The molecule has 1 N–H and O–H groups in total. The number of likely N-dealkylation sites (tertiary alicyclic amines) is 1. The third kappa shape index (κ3) is 4.19. The van der Waals surface area contributed by atoms with Gasteiger partial charge >= 0.3 is 0 Å². The smallest absolute Gasteiger partial charge is 0.224 e. The predicted octanol–water partition coefficient (Wildman–Crippen LogP) is 4.69. The summed E-state index contributed by atoms with van der Waals surface area (Å²) in [6, 6.07) is 14.6. The third-order valence-corrected chi connectivity index (χ3v) is 6.66. The summed E-state index contributed by atoms with van der Waals surface area (Å²) >= 11 is 0. The minimum absolute atomic E-state index is 0.160. The first-order valence-corrected chi connectivity index (χ1v) is 10.8. The topological polar surface area (TPSA) is 32.3 Å². The normalized spacial score (nSPS) is 20.4. The number of benzene rings is 2. The summed E-state index contributed by atoms with van der Waals surface area (Å²) in [6.45, 7) is 3.23. The zero-order chi connectivity index (χ0) is 18.5. The van der Waals surface area contributed by atoms with Gasteiger partial charge in [-0.25, -0.2) is 0 Å². The van der Waals surface area contributed by atoms with E-state index in [9.17, 15) is 4.79 Å². The molecule has 0 atom stereocenters. The highest BCUT2D eigenvalue weighted by Gasteiger charge is 2.38. The van der Waals surface area contributed by atoms with E-state index in [1.165, 1.54) is 75.2 Å². The fourth-order valence-electron chi connectivity index (χ4n) is 5.13. The van der Waals surface area contributed by atoms with Gasteiger partial charge in [0.05, 0.1) is 6.42 Å². The van der Waals surface area contributed by atoms with Crippen LogP contribution < -0.4 is 5.32 Å². The van der Waals surface area contributed by atoms with E-state index in [4.69, 9.17) is 0 Å². The van der Waals surface area contributed by atoms with Gasteiger partial charge in [-0.3, -0.25) is 9.69 Å². The fraction of sp³-hybridized carbons (Fsp3) is 0.542. The van der Waals surface area contributed by atoms with Crippen LogP contribution in [0.2, 0.25) is 0 Å². The Bertz CT molecular complexity index is 768. The van der Waals surface area contributed by atoms with Gasteiger partial charge in [-0.15, -0.1) is 0 Å². The fourth-order valence-corrected chi connectivity index (χ4v) is 5.13. The molecule has 2 fully saturated rings. The van der Waals surface area contributed by atoms with Crippen LogP contribution in [0.25, 0.3) is 10.8 Å². The van der Waals surface area contributed by atoms with E-state index >= 15 is 0 Å². The Morgan fingerprint density at radius 1 is 0.889 bits per heavy atom. The first kappa shape index (κ1) is 18.5. The molecule has 4 rings (SSSR count). The second kappa shape index (κ2) is 8.43. The summed E-state index contributed by atoms with van der Waals surface area (Å²) in [5.41, 5.74) is 1.33. The van der Waals surface area contributed by atoms with Gasteiger partial charge in [-0.1, -0.05) is 68.1 Å². The van der Waals surface area contributed by atoms with Crippen LogP contribution in [0.3, 0.4) is 0 Å². The SMILES string of the molecule is O=C(Cc1cccc2ccccc12)NCC1(N2CCCCC2)CCCCC1. The van der Waals surface area contributed by atoms with Gasteiger partial charge in [0, 0.05) is 12.1 Å². The maximum absolute atomic E-state index is 12.8. The molecule has 3 heteroatoms. The number of piperidine rings is 1. The Kier molecular flexibility index (Phi) is 5.77. The Balaban J connectivity index is 1.43. The predicted molar refractivity (Wildman–Crippen MR) is 112 cm³/mol. The van der Waals surface area contributed by atoms with Gasteiger partial charge in [-0.2, -0.15) is 0 Å². The van der Waals surface area contributed by atoms with Gasteiger partial charge < -0.3 is 5.32 Å². The van der Waals surface area contributed by atoms with Crippen molar-refractivity contribution < 1.29 is 4.79 Å². The van der Waals surface area contributed by atoms with Gasteiger partial charge in [0.25, 0.3) is 0 Å². The lowest BCUT2D eigenvalue weighted by Crippen LogP contribution is -2.58. The number of rotatable bonds is 5. The maximum Gasteiger partial charge on any atom is 0.224 e. The van der Waals surface area contributed by atoms with Crippen molar-refractivity contribution in [3.05, 3.63) is 48.0 Å². The van der Waals surface area contributed by atoms with Crippen LogP contribution in [0.5, 0.6) is 0 Å². The highest BCUT2D eigenvalue weighted by atomic mass is 16.1. The number of fused-ring (bicyclic) bond motifs is 1. The molecule has 1 amide bonds. The lowest BCUT2D eigenvalue weighted by atomic mass is 9.79. The second-order valence-corrected chi connectivity index (χ2v) is 8.42. The quantitative estimate of drug-likeness (QED) is 0.835. The summed E-state index contributed by atoms with van der Waals surface area (Å²) in [7, 11) is 0. The molecule has 2 aromatic carbocycles. The van der Waals surface area contributed by atoms with Crippen molar-refractivity contribution in [3.8, 4) is 0 Å². The molecular weight excluding hydrogens is 332 g/mol. The van der Waals surface area contributed by atoms with Crippen molar-refractivity contribution >= 4 is 16.7 Å². The van der Waals surface area contributed by atoms with Crippen molar-refractivity contribution in [3.63, 3.8) is 0 Å². The van der Waals surface area contributed by atoms with E-state index < -0.39 is 0 Å². The number of nitrogens with one attached hydrogen (secondary N) is 1. The van der Waals surface area contributed by atoms with Gasteiger partial charge in [0.1, 0.15) is 0 Å². The van der Waals surface area contributed by atoms with Crippen molar-refractivity contribution in [2.75, 3.05) is 19.6 Å². The molecule has 144 valence electrons. The number of amides is 1. The van der Waals surface area contributed by atoms with Crippen LogP contribution >= 0.6 is 0 Å². The first-order valence-electron chi connectivity index (χ1n) is 10.8. The summed E-state index contributed by atoms with van der Waals surface area (Å²) in [5.74, 6) is 0.160.